The summed E-state index contributed by atoms with van der Waals surface area (Å²) in [4.78, 5) is 17.2. The molecular weight excluding hydrogens is 445 g/mol. The average molecular weight is 464 g/mol. The van der Waals surface area contributed by atoms with Crippen molar-refractivity contribution in [3.63, 3.8) is 0 Å². The Balaban J connectivity index is 1.31. The van der Waals surface area contributed by atoms with Crippen LogP contribution < -0.4 is 4.74 Å². The normalized spacial score (nSPS) is 15.7. The van der Waals surface area contributed by atoms with Gasteiger partial charge < -0.3 is 9.47 Å². The van der Waals surface area contributed by atoms with Gasteiger partial charge in [-0.1, -0.05) is 47.5 Å². The van der Waals surface area contributed by atoms with E-state index in [0.29, 0.717) is 40.8 Å². The summed E-state index contributed by atoms with van der Waals surface area (Å²) < 4.78 is 11.8. The van der Waals surface area contributed by atoms with Crippen LogP contribution in [-0.2, 0) is 17.8 Å². The largest absolute Gasteiger partial charge is 0.487 e. The minimum atomic E-state index is -0.349. The molecule has 0 bridgehead atoms. The molecule has 0 fully saturated rings. The molecule has 0 saturated carbocycles. The van der Waals surface area contributed by atoms with E-state index >= 15 is 0 Å². The van der Waals surface area contributed by atoms with Gasteiger partial charge in [0.25, 0.3) is 0 Å². The van der Waals surface area contributed by atoms with E-state index in [1.807, 2.05) is 60.7 Å². The highest BCUT2D eigenvalue weighted by Gasteiger charge is 2.25. The summed E-state index contributed by atoms with van der Waals surface area (Å²) in [6.45, 7) is 0.320. The van der Waals surface area contributed by atoms with Crippen molar-refractivity contribution in [2.24, 2.45) is 0 Å². The van der Waals surface area contributed by atoms with Crippen LogP contribution in [0.3, 0.4) is 0 Å². The summed E-state index contributed by atoms with van der Waals surface area (Å²) in [6, 6.07) is 22.5. The molecule has 0 radical (unpaired) electrons. The second-order valence-electron chi connectivity index (χ2n) is 7.73. The van der Waals surface area contributed by atoms with Gasteiger partial charge in [0.05, 0.1) is 16.8 Å². The number of aromatic nitrogens is 1. The predicted octanol–water partition coefficient (Wildman–Crippen LogP) is 6.96. The number of halogens is 2. The second-order valence-corrected chi connectivity index (χ2v) is 8.61. The lowest BCUT2D eigenvalue weighted by Gasteiger charge is -2.16. The van der Waals surface area contributed by atoms with Crippen molar-refractivity contribution in [2.75, 3.05) is 0 Å². The number of carbonyl (C=O) groups is 1. The molecule has 1 aliphatic rings. The number of cyclic esters (lactones) is 1. The van der Waals surface area contributed by atoms with Crippen LogP contribution in [0.25, 0.3) is 10.9 Å². The van der Waals surface area contributed by atoms with E-state index in [9.17, 15) is 4.79 Å². The van der Waals surface area contributed by atoms with Crippen LogP contribution in [0.4, 0.5) is 0 Å². The van der Waals surface area contributed by atoms with Gasteiger partial charge in [0, 0.05) is 15.4 Å². The van der Waals surface area contributed by atoms with Crippen molar-refractivity contribution < 1.29 is 14.3 Å². The van der Waals surface area contributed by atoms with Crippen molar-refractivity contribution in [3.8, 4) is 5.75 Å². The Hall–Kier alpha value is -3.08. The summed E-state index contributed by atoms with van der Waals surface area (Å²) in [6.07, 6.45) is 1.04. The van der Waals surface area contributed by atoms with Gasteiger partial charge in [-0.3, -0.25) is 0 Å². The fourth-order valence-electron chi connectivity index (χ4n) is 3.92. The first kappa shape index (κ1) is 20.8. The standard InChI is InChI=1S/C26H19Cl2NO3/c27-19-8-10-23-17(12-19)6-11-25(32-26(23)30)18-2-1-3-22(13-18)31-15-21-9-5-16-4-7-20(28)14-24(16)29-21/h1-5,7-10,12-14,25H,6,11,15H2/t25-/m1/s1. The maximum atomic E-state index is 12.6. The number of aryl methyl sites for hydroxylation is 1. The van der Waals surface area contributed by atoms with E-state index in [1.165, 1.54) is 0 Å². The first-order valence-corrected chi connectivity index (χ1v) is 11.1. The van der Waals surface area contributed by atoms with E-state index in [2.05, 4.69) is 4.98 Å². The third-order valence-corrected chi connectivity index (χ3v) is 6.01. The Morgan fingerprint density at radius 3 is 2.69 bits per heavy atom. The zero-order valence-corrected chi connectivity index (χ0v) is 18.6. The van der Waals surface area contributed by atoms with Crippen LogP contribution >= 0.6 is 23.2 Å². The summed E-state index contributed by atoms with van der Waals surface area (Å²) in [7, 11) is 0. The molecule has 1 aliphatic heterocycles. The zero-order valence-electron chi connectivity index (χ0n) is 17.1. The number of hydrogen-bond donors (Lipinski definition) is 0. The number of nitrogens with zero attached hydrogens (tertiary/aromatic N) is 1. The molecular formula is C26H19Cl2NO3. The molecule has 0 spiro atoms. The Morgan fingerprint density at radius 1 is 0.969 bits per heavy atom. The lowest BCUT2D eigenvalue weighted by molar-refractivity contribution is 0.0297. The van der Waals surface area contributed by atoms with Gasteiger partial charge in [0.15, 0.2) is 0 Å². The summed E-state index contributed by atoms with van der Waals surface area (Å²) in [5, 5.41) is 2.30. The highest BCUT2D eigenvalue weighted by molar-refractivity contribution is 6.31. The molecule has 32 heavy (non-hydrogen) atoms. The fraction of sp³-hybridized carbons (Fsp3) is 0.154. The van der Waals surface area contributed by atoms with Crippen LogP contribution in [0.2, 0.25) is 10.0 Å². The molecule has 0 saturated heterocycles. The van der Waals surface area contributed by atoms with E-state index in [1.54, 1.807) is 12.1 Å². The summed E-state index contributed by atoms with van der Waals surface area (Å²) in [5.74, 6) is 0.362. The van der Waals surface area contributed by atoms with E-state index in [0.717, 1.165) is 27.7 Å². The third kappa shape index (κ3) is 4.43. The maximum absolute atomic E-state index is 12.6. The lowest BCUT2D eigenvalue weighted by Crippen LogP contribution is -2.09. The second kappa shape index (κ2) is 8.81. The van der Waals surface area contributed by atoms with Crippen molar-refractivity contribution in [3.05, 3.63) is 105 Å². The van der Waals surface area contributed by atoms with Crippen molar-refractivity contribution >= 4 is 40.1 Å². The summed E-state index contributed by atoms with van der Waals surface area (Å²) >= 11 is 12.2. The molecule has 5 rings (SSSR count). The van der Waals surface area contributed by atoms with Gasteiger partial charge in [-0.25, -0.2) is 9.78 Å². The zero-order chi connectivity index (χ0) is 22.1. The van der Waals surface area contributed by atoms with Gasteiger partial charge in [-0.15, -0.1) is 0 Å². The highest BCUT2D eigenvalue weighted by atomic mass is 35.5. The van der Waals surface area contributed by atoms with E-state index < -0.39 is 0 Å². The molecule has 0 aliphatic carbocycles. The van der Waals surface area contributed by atoms with Gasteiger partial charge in [-0.2, -0.15) is 0 Å². The van der Waals surface area contributed by atoms with E-state index in [4.69, 9.17) is 32.7 Å². The Morgan fingerprint density at radius 2 is 1.78 bits per heavy atom. The van der Waals surface area contributed by atoms with Gasteiger partial charge in [0.1, 0.15) is 18.5 Å². The van der Waals surface area contributed by atoms with Gasteiger partial charge in [-0.05, 0) is 72.5 Å². The monoisotopic (exact) mass is 463 g/mol. The van der Waals surface area contributed by atoms with Crippen molar-refractivity contribution in [2.45, 2.75) is 25.6 Å². The molecule has 0 amide bonds. The fourth-order valence-corrected chi connectivity index (χ4v) is 4.28. The van der Waals surface area contributed by atoms with Gasteiger partial charge in [0.2, 0.25) is 0 Å². The van der Waals surface area contributed by atoms with Crippen molar-refractivity contribution in [1.29, 1.82) is 0 Å². The topological polar surface area (TPSA) is 48.4 Å². The highest BCUT2D eigenvalue weighted by Crippen LogP contribution is 2.32. The smallest absolute Gasteiger partial charge is 0.339 e. The number of esters is 1. The molecule has 1 aromatic heterocycles. The van der Waals surface area contributed by atoms with Crippen LogP contribution in [0.1, 0.15) is 39.7 Å². The number of benzene rings is 3. The van der Waals surface area contributed by atoms with Crippen LogP contribution in [0.15, 0.2) is 72.8 Å². The number of rotatable bonds is 4. The average Bonchev–Trinajstić information content (AvgIpc) is 2.96. The predicted molar refractivity (Wildman–Crippen MR) is 125 cm³/mol. The Kier molecular flexibility index (Phi) is 5.73. The van der Waals surface area contributed by atoms with Crippen LogP contribution in [-0.4, -0.2) is 11.0 Å². The van der Waals surface area contributed by atoms with E-state index in [-0.39, 0.29) is 12.1 Å². The molecule has 3 aromatic carbocycles. The van der Waals surface area contributed by atoms with Crippen LogP contribution in [0.5, 0.6) is 5.75 Å². The minimum absolute atomic E-state index is 0.320. The summed E-state index contributed by atoms with van der Waals surface area (Å²) in [5.41, 5.74) is 4.02. The lowest BCUT2D eigenvalue weighted by atomic mass is 10.00. The molecule has 4 aromatic rings. The quantitative estimate of drug-likeness (QED) is 0.306. The third-order valence-electron chi connectivity index (χ3n) is 5.54. The molecule has 6 heteroatoms. The molecule has 1 atom stereocenters. The maximum Gasteiger partial charge on any atom is 0.339 e. The SMILES string of the molecule is O=C1O[C@@H](c2cccc(OCc3ccc4ccc(Cl)cc4n3)c2)CCc2cc(Cl)ccc21. The first-order chi connectivity index (χ1) is 15.5. The molecule has 0 unspecified atom stereocenters. The van der Waals surface area contributed by atoms with Gasteiger partial charge >= 0.3 is 5.97 Å². The number of ether oxygens (including phenoxy) is 2. The number of hydrogen-bond acceptors (Lipinski definition) is 4. The number of pyridine rings is 1. The molecule has 160 valence electrons. The minimum Gasteiger partial charge on any atom is -0.487 e. The van der Waals surface area contributed by atoms with Crippen LogP contribution in [0, 0.1) is 0 Å². The first-order valence-electron chi connectivity index (χ1n) is 10.3. The Labute approximate surface area is 195 Å². The van der Waals surface area contributed by atoms with Crippen molar-refractivity contribution in [1.82, 2.24) is 4.98 Å². The molecule has 2 heterocycles. The Bertz CT molecular complexity index is 1320. The number of fused-ring (bicyclic) bond motifs is 2. The molecule has 0 N–H and O–H groups in total. The molecule has 4 nitrogen and oxygen atoms in total. The number of carbonyl (C=O) groups excluding carboxylic acids is 1.